The normalized spacial score (nSPS) is 11.0. The number of methoxy groups -OCH3 is 2. The number of rotatable bonds is 6. The standard InChI is InChI=1S/C24H20ClN3O2/c1-29-23-16-24(30-2)19(15-18(23)8-7-17-9-12-26-13-10-17)21-11-14-27-28(21)22-6-4-3-5-20(22)25/h3-16H,1-2H3/b8-7+. The van der Waals surface area contributed by atoms with Gasteiger partial charge in [-0.05, 0) is 42.0 Å². The van der Waals surface area contributed by atoms with Crippen LogP contribution in [0.5, 0.6) is 11.5 Å². The van der Waals surface area contributed by atoms with Crippen LogP contribution in [0.1, 0.15) is 11.1 Å². The number of halogens is 1. The van der Waals surface area contributed by atoms with Crippen LogP contribution >= 0.6 is 11.6 Å². The molecule has 0 bridgehead atoms. The fourth-order valence-electron chi connectivity index (χ4n) is 3.24. The molecule has 0 aliphatic rings. The summed E-state index contributed by atoms with van der Waals surface area (Å²) in [6.07, 6.45) is 9.29. The van der Waals surface area contributed by atoms with Crippen LogP contribution in [0.3, 0.4) is 0 Å². The Bertz CT molecular complexity index is 1190. The zero-order valence-corrected chi connectivity index (χ0v) is 17.4. The number of ether oxygens (including phenoxy) is 2. The summed E-state index contributed by atoms with van der Waals surface area (Å²) >= 11 is 6.42. The van der Waals surface area contributed by atoms with Gasteiger partial charge in [0, 0.05) is 29.6 Å². The highest BCUT2D eigenvalue weighted by Crippen LogP contribution is 2.38. The SMILES string of the molecule is COc1cc(OC)c(-c2ccnn2-c2ccccc2Cl)cc1/C=C/c1ccncc1. The minimum atomic E-state index is 0.618. The van der Waals surface area contributed by atoms with Crippen molar-refractivity contribution in [1.82, 2.24) is 14.8 Å². The summed E-state index contributed by atoms with van der Waals surface area (Å²) in [5.74, 6) is 1.39. The largest absolute Gasteiger partial charge is 0.496 e. The van der Waals surface area contributed by atoms with Crippen molar-refractivity contribution in [1.29, 1.82) is 0 Å². The molecule has 0 aliphatic carbocycles. The van der Waals surface area contributed by atoms with Crippen LogP contribution < -0.4 is 9.47 Å². The summed E-state index contributed by atoms with van der Waals surface area (Å²) in [5, 5.41) is 5.10. The lowest BCUT2D eigenvalue weighted by atomic mass is 10.0. The van der Waals surface area contributed by atoms with E-state index in [0.29, 0.717) is 16.5 Å². The number of para-hydroxylation sites is 1. The predicted molar refractivity (Wildman–Crippen MR) is 120 cm³/mol. The van der Waals surface area contributed by atoms with E-state index in [9.17, 15) is 0 Å². The highest BCUT2D eigenvalue weighted by Gasteiger charge is 2.17. The van der Waals surface area contributed by atoms with Crippen LogP contribution in [0.2, 0.25) is 5.02 Å². The molecule has 0 radical (unpaired) electrons. The molecule has 4 aromatic rings. The average molecular weight is 418 g/mol. The second-order valence-electron chi connectivity index (χ2n) is 6.49. The lowest BCUT2D eigenvalue weighted by Gasteiger charge is -2.15. The second-order valence-corrected chi connectivity index (χ2v) is 6.90. The molecule has 0 atom stereocenters. The summed E-state index contributed by atoms with van der Waals surface area (Å²) in [5.41, 5.74) is 4.50. The lowest BCUT2D eigenvalue weighted by Crippen LogP contribution is -2.01. The first-order valence-corrected chi connectivity index (χ1v) is 9.72. The molecule has 4 rings (SSSR count). The van der Waals surface area contributed by atoms with Gasteiger partial charge in [-0.25, -0.2) is 4.68 Å². The van der Waals surface area contributed by atoms with Crippen LogP contribution in [-0.2, 0) is 0 Å². The Balaban J connectivity index is 1.84. The smallest absolute Gasteiger partial charge is 0.131 e. The number of hydrogen-bond donors (Lipinski definition) is 0. The average Bonchev–Trinajstić information content (AvgIpc) is 3.27. The van der Waals surface area contributed by atoms with Crippen molar-refractivity contribution in [3.8, 4) is 28.4 Å². The van der Waals surface area contributed by atoms with E-state index in [4.69, 9.17) is 21.1 Å². The van der Waals surface area contributed by atoms with E-state index < -0.39 is 0 Å². The fourth-order valence-corrected chi connectivity index (χ4v) is 3.45. The Morgan fingerprint density at radius 3 is 2.37 bits per heavy atom. The van der Waals surface area contributed by atoms with Crippen molar-refractivity contribution in [3.05, 3.63) is 89.3 Å². The molecule has 0 unspecified atom stereocenters. The van der Waals surface area contributed by atoms with Gasteiger partial charge in [-0.3, -0.25) is 4.98 Å². The Kier molecular flexibility index (Phi) is 5.82. The van der Waals surface area contributed by atoms with Gasteiger partial charge in [0.2, 0.25) is 0 Å². The van der Waals surface area contributed by atoms with Gasteiger partial charge in [0.15, 0.2) is 0 Å². The summed E-state index contributed by atoms with van der Waals surface area (Å²) in [4.78, 5) is 4.05. The van der Waals surface area contributed by atoms with Crippen LogP contribution in [0, 0.1) is 0 Å². The quantitative estimate of drug-likeness (QED) is 0.399. The van der Waals surface area contributed by atoms with E-state index in [1.807, 2.05) is 71.4 Å². The maximum Gasteiger partial charge on any atom is 0.131 e. The zero-order chi connectivity index (χ0) is 20.9. The predicted octanol–water partition coefficient (Wildman–Crippen LogP) is 5.78. The minimum Gasteiger partial charge on any atom is -0.496 e. The van der Waals surface area contributed by atoms with E-state index in [1.54, 1.807) is 32.8 Å². The van der Waals surface area contributed by atoms with Crippen molar-refractivity contribution >= 4 is 23.8 Å². The minimum absolute atomic E-state index is 0.618. The molecular weight excluding hydrogens is 398 g/mol. The van der Waals surface area contributed by atoms with Gasteiger partial charge in [-0.2, -0.15) is 5.10 Å². The summed E-state index contributed by atoms with van der Waals surface area (Å²) in [7, 11) is 3.28. The van der Waals surface area contributed by atoms with Crippen molar-refractivity contribution in [2.45, 2.75) is 0 Å². The summed E-state index contributed by atoms with van der Waals surface area (Å²) < 4.78 is 13.1. The molecule has 0 saturated heterocycles. The first kappa shape index (κ1) is 19.7. The number of aromatic nitrogens is 3. The monoisotopic (exact) mass is 417 g/mol. The molecule has 150 valence electrons. The van der Waals surface area contributed by atoms with Gasteiger partial charge in [0.25, 0.3) is 0 Å². The number of pyridine rings is 1. The van der Waals surface area contributed by atoms with Gasteiger partial charge < -0.3 is 9.47 Å². The lowest BCUT2D eigenvalue weighted by molar-refractivity contribution is 0.394. The number of hydrogen-bond acceptors (Lipinski definition) is 4. The highest BCUT2D eigenvalue weighted by molar-refractivity contribution is 6.32. The third kappa shape index (κ3) is 3.93. The van der Waals surface area contributed by atoms with Gasteiger partial charge in [-0.15, -0.1) is 0 Å². The molecule has 2 aromatic heterocycles. The summed E-state index contributed by atoms with van der Waals surface area (Å²) in [6.45, 7) is 0. The van der Waals surface area contributed by atoms with E-state index >= 15 is 0 Å². The topological polar surface area (TPSA) is 49.2 Å². The molecule has 0 spiro atoms. The molecule has 30 heavy (non-hydrogen) atoms. The Labute approximate surface area is 180 Å². The Hall–Kier alpha value is -3.57. The van der Waals surface area contributed by atoms with Crippen molar-refractivity contribution in [3.63, 3.8) is 0 Å². The maximum atomic E-state index is 6.42. The molecule has 2 aromatic carbocycles. The van der Waals surface area contributed by atoms with Crippen LogP contribution in [-0.4, -0.2) is 29.0 Å². The molecule has 5 nitrogen and oxygen atoms in total. The zero-order valence-electron chi connectivity index (χ0n) is 16.6. The van der Waals surface area contributed by atoms with E-state index in [1.165, 1.54) is 0 Å². The number of nitrogens with zero attached hydrogens (tertiary/aromatic N) is 3. The van der Waals surface area contributed by atoms with Crippen molar-refractivity contribution in [2.75, 3.05) is 14.2 Å². The summed E-state index contributed by atoms with van der Waals surface area (Å²) in [6, 6.07) is 17.3. The maximum absolute atomic E-state index is 6.42. The van der Waals surface area contributed by atoms with Gasteiger partial charge in [0.05, 0.1) is 36.8 Å². The Morgan fingerprint density at radius 1 is 0.867 bits per heavy atom. The molecule has 0 N–H and O–H groups in total. The van der Waals surface area contributed by atoms with E-state index in [-0.39, 0.29) is 0 Å². The van der Waals surface area contributed by atoms with Gasteiger partial charge in [-0.1, -0.05) is 35.9 Å². The molecule has 2 heterocycles. The third-order valence-corrected chi connectivity index (χ3v) is 5.03. The van der Waals surface area contributed by atoms with Gasteiger partial charge >= 0.3 is 0 Å². The van der Waals surface area contributed by atoms with Crippen molar-refractivity contribution in [2.24, 2.45) is 0 Å². The second kappa shape index (κ2) is 8.84. The molecule has 0 saturated carbocycles. The van der Waals surface area contributed by atoms with Crippen LogP contribution in [0.15, 0.2) is 73.2 Å². The Morgan fingerprint density at radius 2 is 1.63 bits per heavy atom. The highest BCUT2D eigenvalue weighted by atomic mass is 35.5. The van der Waals surface area contributed by atoms with E-state index in [0.717, 1.165) is 28.1 Å². The van der Waals surface area contributed by atoms with E-state index in [2.05, 4.69) is 10.1 Å². The van der Waals surface area contributed by atoms with Crippen LogP contribution in [0.25, 0.3) is 29.1 Å². The molecule has 0 aliphatic heterocycles. The first-order valence-electron chi connectivity index (χ1n) is 9.34. The first-order chi connectivity index (χ1) is 14.7. The van der Waals surface area contributed by atoms with Crippen molar-refractivity contribution < 1.29 is 9.47 Å². The van der Waals surface area contributed by atoms with Gasteiger partial charge in [0.1, 0.15) is 11.5 Å². The fraction of sp³-hybridized carbons (Fsp3) is 0.0833. The van der Waals surface area contributed by atoms with Crippen LogP contribution in [0.4, 0.5) is 0 Å². The molecule has 6 heteroatoms. The number of benzene rings is 2. The third-order valence-electron chi connectivity index (χ3n) is 4.71. The molecule has 0 amide bonds. The molecular formula is C24H20ClN3O2. The molecule has 0 fully saturated rings.